The molecule has 3 rings (SSSR count). The molecular weight excluding hydrogens is 390 g/mol. The summed E-state index contributed by atoms with van der Waals surface area (Å²) in [6.45, 7) is 7.95. The van der Waals surface area contributed by atoms with Crippen LogP contribution in [0, 0.1) is 5.41 Å². The number of likely N-dealkylation sites (N-methyl/N-ethyl adjacent to an activating group) is 1. The van der Waals surface area contributed by atoms with Gasteiger partial charge in [-0.25, -0.2) is 4.68 Å². The highest BCUT2D eigenvalue weighted by molar-refractivity contribution is 5.90. The zero-order valence-electron chi connectivity index (χ0n) is 18.0. The minimum Gasteiger partial charge on any atom is -0.391 e. The van der Waals surface area contributed by atoms with Crippen molar-refractivity contribution < 1.29 is 19.5 Å². The molecule has 0 saturated carbocycles. The summed E-state index contributed by atoms with van der Waals surface area (Å²) in [4.78, 5) is 40.7. The standard InChI is InChI=1S/C19H31N7O4/c1-19(2,3)16(18(30)25-10-13(27)7-14(25)17(29)20-4)26-9-12(22-23-26)8-24-6-5-21-15(28)11-24/h9,13-14,16,27H,5-8,10-11H2,1-4H3,(H,20,29)(H,21,28)/t13?,14-,16?/m1/s1. The maximum Gasteiger partial charge on any atom is 0.248 e. The molecule has 3 heterocycles. The second-order valence-corrected chi connectivity index (χ2v) is 9.03. The minimum atomic E-state index is -0.742. The van der Waals surface area contributed by atoms with Crippen LogP contribution in [0.1, 0.15) is 38.9 Å². The first kappa shape index (κ1) is 22.2. The van der Waals surface area contributed by atoms with Crippen molar-refractivity contribution in [2.24, 2.45) is 5.41 Å². The van der Waals surface area contributed by atoms with E-state index in [-0.39, 0.29) is 30.7 Å². The molecule has 3 atom stereocenters. The molecule has 11 nitrogen and oxygen atoms in total. The van der Waals surface area contributed by atoms with Gasteiger partial charge >= 0.3 is 0 Å². The Bertz CT molecular complexity index is 803. The lowest BCUT2D eigenvalue weighted by Gasteiger charge is -2.34. The molecule has 1 aromatic rings. The van der Waals surface area contributed by atoms with Crippen LogP contribution >= 0.6 is 0 Å². The summed E-state index contributed by atoms with van der Waals surface area (Å²) in [6, 6.07) is -1.40. The number of aliphatic hydroxyl groups excluding tert-OH is 1. The van der Waals surface area contributed by atoms with Crippen molar-refractivity contribution in [1.29, 1.82) is 0 Å². The van der Waals surface area contributed by atoms with Crippen LogP contribution in [0.4, 0.5) is 0 Å². The minimum absolute atomic E-state index is 0.0239. The number of β-amino-alcohol motifs (C(OH)–C–C–N with tert-alkyl or cyclic N) is 1. The fourth-order valence-corrected chi connectivity index (χ4v) is 4.08. The number of hydrogen-bond donors (Lipinski definition) is 3. The van der Waals surface area contributed by atoms with Crippen LogP contribution in [0.5, 0.6) is 0 Å². The number of likely N-dealkylation sites (tertiary alicyclic amines) is 1. The van der Waals surface area contributed by atoms with E-state index in [4.69, 9.17) is 0 Å². The highest BCUT2D eigenvalue weighted by Gasteiger charge is 2.45. The number of rotatable bonds is 5. The average molecular weight is 422 g/mol. The lowest BCUT2D eigenvalue weighted by Crippen LogP contribution is -2.49. The molecule has 0 aromatic carbocycles. The summed E-state index contributed by atoms with van der Waals surface area (Å²) < 4.78 is 1.54. The second-order valence-electron chi connectivity index (χ2n) is 9.03. The molecule has 2 saturated heterocycles. The van der Waals surface area contributed by atoms with Crippen LogP contribution in [-0.2, 0) is 20.9 Å². The van der Waals surface area contributed by atoms with Crippen LogP contribution in [0.3, 0.4) is 0 Å². The number of carbonyl (C=O) groups is 3. The Labute approximate surface area is 175 Å². The number of nitrogens with zero attached hydrogens (tertiary/aromatic N) is 5. The molecule has 0 bridgehead atoms. The van der Waals surface area contributed by atoms with Crippen LogP contribution in [0.15, 0.2) is 6.20 Å². The van der Waals surface area contributed by atoms with E-state index in [9.17, 15) is 19.5 Å². The van der Waals surface area contributed by atoms with Gasteiger partial charge in [-0.05, 0) is 5.41 Å². The van der Waals surface area contributed by atoms with Crippen LogP contribution in [0.2, 0.25) is 0 Å². The van der Waals surface area contributed by atoms with Gasteiger partial charge in [0.1, 0.15) is 12.1 Å². The molecule has 2 unspecified atom stereocenters. The lowest BCUT2D eigenvalue weighted by atomic mass is 9.85. The third kappa shape index (κ3) is 4.78. The summed E-state index contributed by atoms with van der Waals surface area (Å²) in [5.74, 6) is -0.596. The molecule has 0 radical (unpaired) electrons. The number of piperazine rings is 1. The summed E-state index contributed by atoms with van der Waals surface area (Å²) in [6.07, 6.45) is 1.19. The predicted molar refractivity (Wildman–Crippen MR) is 107 cm³/mol. The lowest BCUT2D eigenvalue weighted by molar-refractivity contribution is -0.144. The molecule has 3 amide bonds. The van der Waals surface area contributed by atoms with Crippen molar-refractivity contribution in [3.05, 3.63) is 11.9 Å². The quantitative estimate of drug-likeness (QED) is 0.527. The molecule has 2 aliphatic heterocycles. The van der Waals surface area contributed by atoms with E-state index in [1.165, 1.54) is 16.6 Å². The van der Waals surface area contributed by atoms with Gasteiger partial charge in [0.15, 0.2) is 0 Å². The van der Waals surface area contributed by atoms with Gasteiger partial charge in [0.2, 0.25) is 17.7 Å². The number of nitrogens with one attached hydrogen (secondary N) is 2. The zero-order valence-corrected chi connectivity index (χ0v) is 18.0. The van der Waals surface area contributed by atoms with E-state index in [0.717, 1.165) is 6.54 Å². The zero-order chi connectivity index (χ0) is 22.1. The summed E-state index contributed by atoms with van der Waals surface area (Å²) >= 11 is 0. The molecule has 166 valence electrons. The maximum atomic E-state index is 13.5. The summed E-state index contributed by atoms with van der Waals surface area (Å²) in [7, 11) is 1.52. The first-order valence-corrected chi connectivity index (χ1v) is 10.2. The topological polar surface area (TPSA) is 133 Å². The third-order valence-electron chi connectivity index (χ3n) is 5.49. The second kappa shape index (κ2) is 8.68. The Morgan fingerprint density at radius 2 is 2.13 bits per heavy atom. The van der Waals surface area contributed by atoms with Gasteiger partial charge in [-0.2, -0.15) is 0 Å². The van der Waals surface area contributed by atoms with Crippen LogP contribution < -0.4 is 10.6 Å². The third-order valence-corrected chi connectivity index (χ3v) is 5.49. The van der Waals surface area contributed by atoms with E-state index in [1.54, 1.807) is 6.20 Å². The van der Waals surface area contributed by atoms with E-state index >= 15 is 0 Å². The molecule has 0 aliphatic carbocycles. The number of hydrogen-bond acceptors (Lipinski definition) is 7. The molecule has 30 heavy (non-hydrogen) atoms. The fourth-order valence-electron chi connectivity index (χ4n) is 4.08. The van der Waals surface area contributed by atoms with Gasteiger partial charge in [-0.3, -0.25) is 19.3 Å². The Morgan fingerprint density at radius 3 is 2.77 bits per heavy atom. The highest BCUT2D eigenvalue weighted by atomic mass is 16.3. The number of amides is 3. The van der Waals surface area contributed by atoms with Crippen molar-refractivity contribution >= 4 is 17.7 Å². The van der Waals surface area contributed by atoms with Gasteiger partial charge in [0, 0.05) is 39.6 Å². The monoisotopic (exact) mass is 421 g/mol. The number of aliphatic hydroxyl groups is 1. The molecular formula is C19H31N7O4. The molecule has 2 aliphatic rings. The van der Waals surface area contributed by atoms with Gasteiger partial charge in [-0.1, -0.05) is 26.0 Å². The molecule has 1 aromatic heterocycles. The Balaban J connectivity index is 1.81. The van der Waals surface area contributed by atoms with Crippen molar-refractivity contribution in [2.45, 2.75) is 51.9 Å². The van der Waals surface area contributed by atoms with Crippen molar-refractivity contribution in [3.63, 3.8) is 0 Å². The van der Waals surface area contributed by atoms with Crippen LogP contribution in [-0.4, -0.2) is 93.0 Å². The van der Waals surface area contributed by atoms with Gasteiger partial charge in [0.25, 0.3) is 0 Å². The Kier molecular flexibility index (Phi) is 6.41. The maximum absolute atomic E-state index is 13.5. The van der Waals surface area contributed by atoms with Crippen molar-refractivity contribution in [3.8, 4) is 0 Å². The van der Waals surface area contributed by atoms with Crippen molar-refractivity contribution in [1.82, 2.24) is 35.4 Å². The van der Waals surface area contributed by atoms with E-state index < -0.39 is 23.6 Å². The number of carbonyl (C=O) groups excluding carboxylic acids is 3. The molecule has 3 N–H and O–H groups in total. The van der Waals surface area contributed by atoms with E-state index in [2.05, 4.69) is 20.9 Å². The van der Waals surface area contributed by atoms with Gasteiger partial charge in [-0.15, -0.1) is 5.10 Å². The van der Waals surface area contributed by atoms with E-state index in [1.807, 2.05) is 25.7 Å². The average Bonchev–Trinajstić information content (AvgIpc) is 3.26. The molecule has 11 heteroatoms. The predicted octanol–water partition coefficient (Wildman–Crippen LogP) is -1.50. The van der Waals surface area contributed by atoms with Crippen LogP contribution in [0.25, 0.3) is 0 Å². The fraction of sp³-hybridized carbons (Fsp3) is 0.737. The molecule has 0 spiro atoms. The normalized spacial score (nSPS) is 23.9. The molecule has 2 fully saturated rings. The van der Waals surface area contributed by atoms with Crippen molar-refractivity contribution in [2.75, 3.05) is 33.2 Å². The van der Waals surface area contributed by atoms with Gasteiger partial charge in [0.05, 0.1) is 24.5 Å². The van der Waals surface area contributed by atoms with E-state index in [0.29, 0.717) is 25.3 Å². The summed E-state index contributed by atoms with van der Waals surface area (Å²) in [5.41, 5.74) is 0.157. The summed E-state index contributed by atoms with van der Waals surface area (Å²) in [5, 5.41) is 23.8. The Hall–Kier alpha value is -2.53. The smallest absolute Gasteiger partial charge is 0.248 e. The SMILES string of the molecule is CNC(=O)[C@H]1CC(O)CN1C(=O)C(n1cc(CN2CCNC(=O)C2)nn1)C(C)(C)C. The first-order chi connectivity index (χ1) is 14.1. The largest absolute Gasteiger partial charge is 0.391 e. The first-order valence-electron chi connectivity index (χ1n) is 10.2. The highest BCUT2D eigenvalue weighted by Crippen LogP contribution is 2.34. The van der Waals surface area contributed by atoms with Gasteiger partial charge < -0.3 is 20.6 Å². The Morgan fingerprint density at radius 1 is 1.40 bits per heavy atom. The number of aromatic nitrogens is 3.